The molecule has 8 aromatic rings. The lowest BCUT2D eigenvalue weighted by molar-refractivity contribution is 0.627. The van der Waals surface area contributed by atoms with E-state index in [1.165, 1.54) is 41.5 Å². The molecule has 0 radical (unpaired) electrons. The predicted molar refractivity (Wildman–Crippen MR) is 216 cm³/mol. The van der Waals surface area contributed by atoms with Gasteiger partial charge in [0.25, 0.3) is 0 Å². The molecule has 5 heteroatoms. The van der Waals surface area contributed by atoms with E-state index in [9.17, 15) is 8.78 Å². The number of hydrogen-bond donors (Lipinski definition) is 0. The fourth-order valence-corrected chi connectivity index (χ4v) is 7.41. The molecule has 0 fully saturated rings. The van der Waals surface area contributed by atoms with Crippen molar-refractivity contribution in [3.8, 4) is 0 Å². The van der Waals surface area contributed by atoms with E-state index in [4.69, 9.17) is 0 Å². The monoisotopic (exact) mass is 700 g/mol. The molecule has 0 saturated carbocycles. The summed E-state index contributed by atoms with van der Waals surface area (Å²) in [4.78, 5) is 4.12. The summed E-state index contributed by atoms with van der Waals surface area (Å²) in [6.45, 7) is 8.62. The lowest BCUT2D eigenvalue weighted by Gasteiger charge is -2.30. The van der Waals surface area contributed by atoms with E-state index in [0.29, 0.717) is 28.6 Å². The molecule has 0 aliphatic rings. The van der Waals surface area contributed by atoms with Crippen molar-refractivity contribution in [3.63, 3.8) is 0 Å². The van der Waals surface area contributed by atoms with Crippen LogP contribution in [0.2, 0.25) is 0 Å². The molecule has 0 heterocycles. The second-order valence-corrected chi connectivity index (χ2v) is 14.2. The summed E-state index contributed by atoms with van der Waals surface area (Å²) >= 11 is 0. The van der Waals surface area contributed by atoms with Gasteiger partial charge in [0.15, 0.2) is 0 Å². The van der Waals surface area contributed by atoms with E-state index in [1.807, 2.05) is 29.2 Å². The lowest BCUT2D eigenvalue weighted by Crippen LogP contribution is -2.12. The molecule has 0 amide bonds. The first-order valence-corrected chi connectivity index (χ1v) is 18.1. The van der Waals surface area contributed by atoms with Crippen LogP contribution in [-0.4, -0.2) is 0 Å². The molecule has 0 aromatic heterocycles. The third kappa shape index (κ3) is 6.37. The molecule has 8 aromatic carbocycles. The van der Waals surface area contributed by atoms with Gasteiger partial charge in [-0.05, 0) is 136 Å². The maximum absolute atomic E-state index is 15.5. The van der Waals surface area contributed by atoms with Crippen molar-refractivity contribution in [1.29, 1.82) is 0 Å². The van der Waals surface area contributed by atoms with Crippen LogP contribution in [0.1, 0.15) is 50.7 Å². The molecule has 262 valence electrons. The molecular weight excluding hydrogens is 662 g/mol. The molecule has 0 atom stereocenters. The van der Waals surface area contributed by atoms with Gasteiger partial charge < -0.3 is 9.80 Å². The first-order valence-electron chi connectivity index (χ1n) is 18.1. The first kappa shape index (κ1) is 34.0. The Labute approximate surface area is 308 Å². The van der Waals surface area contributed by atoms with Crippen LogP contribution in [0.4, 0.5) is 47.3 Å². The average Bonchev–Trinajstić information content (AvgIpc) is 3.16. The van der Waals surface area contributed by atoms with Crippen LogP contribution in [0, 0.1) is 17.5 Å². The second-order valence-electron chi connectivity index (χ2n) is 14.2. The van der Waals surface area contributed by atoms with E-state index < -0.39 is 0 Å². The number of fused-ring (bicyclic) bond motifs is 5. The van der Waals surface area contributed by atoms with E-state index >= 15 is 4.39 Å². The highest BCUT2D eigenvalue weighted by Gasteiger charge is 2.23. The fraction of sp³-hybridized carbons (Fsp3) is 0.125. The molecule has 0 aliphatic carbocycles. The van der Waals surface area contributed by atoms with Crippen molar-refractivity contribution in [2.45, 2.75) is 39.5 Å². The Morgan fingerprint density at radius 1 is 0.340 bits per heavy atom. The Morgan fingerprint density at radius 3 is 1.23 bits per heavy atom. The Balaban J connectivity index is 1.45. The highest BCUT2D eigenvalue weighted by molar-refractivity contribution is 6.24. The molecule has 0 saturated heterocycles. The van der Waals surface area contributed by atoms with Gasteiger partial charge in [-0.15, -0.1) is 0 Å². The number of nitrogens with zero attached hydrogens (tertiary/aromatic N) is 2. The van der Waals surface area contributed by atoms with Crippen LogP contribution in [0.25, 0.3) is 32.3 Å². The van der Waals surface area contributed by atoms with Crippen LogP contribution in [-0.2, 0) is 0 Å². The Morgan fingerprint density at radius 2 is 0.755 bits per heavy atom. The zero-order chi connectivity index (χ0) is 36.8. The first-order chi connectivity index (χ1) is 25.7. The van der Waals surface area contributed by atoms with Gasteiger partial charge >= 0.3 is 0 Å². The Hall–Kier alpha value is -6.07. The van der Waals surface area contributed by atoms with Crippen molar-refractivity contribution in [3.05, 3.63) is 180 Å². The van der Waals surface area contributed by atoms with E-state index in [-0.39, 0.29) is 17.5 Å². The molecule has 0 spiro atoms. The third-order valence-corrected chi connectivity index (χ3v) is 10.1. The van der Waals surface area contributed by atoms with E-state index in [2.05, 4.69) is 105 Å². The van der Waals surface area contributed by atoms with Crippen molar-refractivity contribution < 1.29 is 13.2 Å². The van der Waals surface area contributed by atoms with Gasteiger partial charge in [0, 0.05) is 33.5 Å². The summed E-state index contributed by atoms with van der Waals surface area (Å²) < 4.78 is 45.3. The van der Waals surface area contributed by atoms with Crippen LogP contribution in [0.5, 0.6) is 0 Å². The van der Waals surface area contributed by atoms with Crippen molar-refractivity contribution >= 4 is 66.4 Å². The highest BCUT2D eigenvalue weighted by atomic mass is 19.1. The molecule has 0 aliphatic heterocycles. The Kier molecular flexibility index (Phi) is 8.87. The number of rotatable bonds is 8. The smallest absolute Gasteiger partial charge is 0.125 e. The molecule has 0 N–H and O–H groups in total. The van der Waals surface area contributed by atoms with Gasteiger partial charge in [-0.25, -0.2) is 13.2 Å². The summed E-state index contributed by atoms with van der Waals surface area (Å²) in [5, 5.41) is 5.15. The quantitative estimate of drug-likeness (QED) is 0.146. The van der Waals surface area contributed by atoms with Crippen LogP contribution < -0.4 is 9.80 Å². The predicted octanol–water partition coefficient (Wildman–Crippen LogP) is 14.7. The van der Waals surface area contributed by atoms with Crippen molar-refractivity contribution in [1.82, 2.24) is 0 Å². The van der Waals surface area contributed by atoms with Crippen molar-refractivity contribution in [2.75, 3.05) is 9.80 Å². The van der Waals surface area contributed by atoms with Crippen LogP contribution in [0.3, 0.4) is 0 Å². The third-order valence-electron chi connectivity index (χ3n) is 10.1. The SMILES string of the molecule is CC(C)c1ccc(N(c2cccc(F)c2)c2cc3c4cc(F)ccc4c(N(c4ccc(C(C)C)cc4)c4cccc(F)c4)cc3c3ccccc23)cc1. The maximum atomic E-state index is 15.5. The summed E-state index contributed by atoms with van der Waals surface area (Å²) in [5.74, 6) is -0.361. The van der Waals surface area contributed by atoms with Gasteiger partial charge in [-0.2, -0.15) is 0 Å². The molecule has 0 bridgehead atoms. The topological polar surface area (TPSA) is 6.48 Å². The molecule has 2 nitrogen and oxygen atoms in total. The fourth-order valence-electron chi connectivity index (χ4n) is 7.41. The van der Waals surface area contributed by atoms with Gasteiger partial charge in [0.1, 0.15) is 17.5 Å². The molecule has 0 unspecified atom stereocenters. The average molecular weight is 701 g/mol. The lowest BCUT2D eigenvalue weighted by atomic mass is 9.93. The summed E-state index contributed by atoms with van der Waals surface area (Å²) in [6.07, 6.45) is 0. The number of halogens is 3. The summed E-state index contributed by atoms with van der Waals surface area (Å²) in [7, 11) is 0. The largest absolute Gasteiger partial charge is 0.310 e. The number of benzene rings is 8. The zero-order valence-corrected chi connectivity index (χ0v) is 30.1. The van der Waals surface area contributed by atoms with Crippen LogP contribution >= 0.6 is 0 Å². The normalized spacial score (nSPS) is 11.6. The molecule has 8 rings (SSSR count). The minimum Gasteiger partial charge on any atom is -0.310 e. The zero-order valence-electron chi connectivity index (χ0n) is 30.1. The summed E-state index contributed by atoms with van der Waals surface area (Å²) in [6, 6.07) is 47.1. The highest BCUT2D eigenvalue weighted by Crippen LogP contribution is 2.48. The molecule has 53 heavy (non-hydrogen) atoms. The number of anilines is 6. The van der Waals surface area contributed by atoms with Crippen LogP contribution in [0.15, 0.2) is 152 Å². The minimum absolute atomic E-state index is 0.340. The van der Waals surface area contributed by atoms with Gasteiger partial charge in [-0.1, -0.05) is 88.4 Å². The van der Waals surface area contributed by atoms with Gasteiger partial charge in [0.05, 0.1) is 11.4 Å². The maximum Gasteiger partial charge on any atom is 0.125 e. The minimum atomic E-state index is -0.365. The Bertz CT molecular complexity index is 2610. The second kappa shape index (κ2) is 13.8. The van der Waals surface area contributed by atoms with Gasteiger partial charge in [0.2, 0.25) is 0 Å². The molecular formula is C48H39F3N2. The summed E-state index contributed by atoms with van der Waals surface area (Å²) in [5.41, 5.74) is 7.06. The number of hydrogen-bond acceptors (Lipinski definition) is 2. The standard InChI is InChI=1S/C48H39F3N2/c1-30(2)32-15-20-37(21-16-32)52(39-11-7-9-34(49)25-39)47-29-46-44-27-36(51)19-24-43(44)48(28-45(46)41-13-5-6-14-42(41)47)53(40-12-8-10-35(50)26-40)38-22-17-33(18-23-38)31(3)4/h5-31H,1-4H3. The van der Waals surface area contributed by atoms with Crippen molar-refractivity contribution in [2.24, 2.45) is 0 Å². The van der Waals surface area contributed by atoms with E-state index in [0.717, 1.165) is 49.7 Å². The van der Waals surface area contributed by atoms with E-state index in [1.54, 1.807) is 24.3 Å². The van der Waals surface area contributed by atoms with Gasteiger partial charge in [-0.3, -0.25) is 0 Å².